The Morgan fingerprint density at radius 1 is 1.38 bits per heavy atom. The van der Waals surface area contributed by atoms with Crippen LogP contribution in [0.25, 0.3) is 0 Å². The lowest BCUT2D eigenvalue weighted by molar-refractivity contribution is -0.117. The van der Waals surface area contributed by atoms with E-state index >= 15 is 0 Å². The van der Waals surface area contributed by atoms with Gasteiger partial charge in [0.1, 0.15) is 0 Å². The maximum Gasteiger partial charge on any atom is 0.336 e. The van der Waals surface area contributed by atoms with Crippen LogP contribution in [0.2, 0.25) is 0 Å². The Hall–Kier alpha value is -1.92. The van der Waals surface area contributed by atoms with Crippen molar-refractivity contribution in [3.63, 3.8) is 0 Å². The summed E-state index contributed by atoms with van der Waals surface area (Å²) in [5.41, 5.74) is 7.16. The third kappa shape index (κ3) is 4.03. The fourth-order valence-corrected chi connectivity index (χ4v) is 2.51. The van der Waals surface area contributed by atoms with E-state index in [2.05, 4.69) is 10.2 Å². The molecule has 1 aliphatic rings. The first-order valence-electron chi connectivity index (χ1n) is 7.08. The summed E-state index contributed by atoms with van der Waals surface area (Å²) >= 11 is 0. The van der Waals surface area contributed by atoms with Crippen molar-refractivity contribution >= 4 is 17.6 Å². The number of aromatic carboxylic acids is 1. The number of amides is 1. The molecule has 1 aromatic carbocycles. The Balaban J connectivity index is 1.97. The summed E-state index contributed by atoms with van der Waals surface area (Å²) in [5, 5.41) is 11.9. The number of nitrogens with zero attached hydrogens (tertiary/aromatic N) is 1. The first kappa shape index (κ1) is 15.5. The van der Waals surface area contributed by atoms with Gasteiger partial charge in [-0.15, -0.1) is 0 Å². The molecule has 0 saturated carbocycles. The number of anilines is 1. The lowest BCUT2D eigenvalue weighted by atomic mass is 10.1. The quantitative estimate of drug-likeness (QED) is 0.771. The molecule has 0 radical (unpaired) electrons. The fourth-order valence-electron chi connectivity index (χ4n) is 2.51. The van der Waals surface area contributed by atoms with Crippen LogP contribution in [0.15, 0.2) is 18.2 Å². The van der Waals surface area contributed by atoms with Crippen LogP contribution < -0.4 is 11.1 Å². The number of rotatable bonds is 4. The molecule has 1 saturated heterocycles. The normalized spacial score (nSPS) is 16.7. The van der Waals surface area contributed by atoms with E-state index in [0.29, 0.717) is 17.8 Å². The van der Waals surface area contributed by atoms with Crippen molar-refractivity contribution in [3.05, 3.63) is 29.3 Å². The molecular weight excluding hydrogens is 270 g/mol. The van der Waals surface area contributed by atoms with Gasteiger partial charge >= 0.3 is 5.97 Å². The maximum atomic E-state index is 12.1. The number of likely N-dealkylation sites (tertiary alicyclic amines) is 1. The zero-order valence-electron chi connectivity index (χ0n) is 12.1. The topological polar surface area (TPSA) is 95.7 Å². The standard InChI is InChI=1S/C15H21N3O3/c1-10-12(15(20)21)3-2-4-13(10)17-14(19)9-18-7-5-11(16)6-8-18/h2-4,11H,5-9,16H2,1H3,(H,17,19)(H,20,21). The zero-order valence-corrected chi connectivity index (χ0v) is 12.1. The highest BCUT2D eigenvalue weighted by Gasteiger charge is 2.19. The third-order valence-corrected chi connectivity index (χ3v) is 3.84. The molecular formula is C15H21N3O3. The van der Waals surface area contributed by atoms with E-state index in [1.165, 1.54) is 6.07 Å². The lowest BCUT2D eigenvalue weighted by Crippen LogP contribution is -2.43. The highest BCUT2D eigenvalue weighted by molar-refractivity contribution is 5.96. The lowest BCUT2D eigenvalue weighted by Gasteiger charge is -2.29. The van der Waals surface area contributed by atoms with Gasteiger partial charge in [-0.1, -0.05) is 6.07 Å². The van der Waals surface area contributed by atoms with Crippen LogP contribution in [0.1, 0.15) is 28.8 Å². The van der Waals surface area contributed by atoms with Crippen molar-refractivity contribution in [3.8, 4) is 0 Å². The molecule has 2 rings (SSSR count). The minimum absolute atomic E-state index is 0.129. The summed E-state index contributed by atoms with van der Waals surface area (Å²) < 4.78 is 0. The monoisotopic (exact) mass is 291 g/mol. The van der Waals surface area contributed by atoms with Crippen molar-refractivity contribution in [1.29, 1.82) is 0 Å². The van der Waals surface area contributed by atoms with Gasteiger partial charge in [0.25, 0.3) is 0 Å². The third-order valence-electron chi connectivity index (χ3n) is 3.84. The van der Waals surface area contributed by atoms with Crippen molar-refractivity contribution in [2.45, 2.75) is 25.8 Å². The van der Waals surface area contributed by atoms with Crippen LogP contribution in [-0.4, -0.2) is 47.6 Å². The van der Waals surface area contributed by atoms with Crippen molar-refractivity contribution < 1.29 is 14.7 Å². The first-order valence-corrected chi connectivity index (χ1v) is 7.08. The molecule has 0 unspecified atom stereocenters. The SMILES string of the molecule is Cc1c(NC(=O)CN2CCC(N)CC2)cccc1C(=O)O. The van der Waals surface area contributed by atoms with Crippen molar-refractivity contribution in [2.75, 3.05) is 25.0 Å². The van der Waals surface area contributed by atoms with E-state index in [0.717, 1.165) is 25.9 Å². The van der Waals surface area contributed by atoms with Gasteiger partial charge in [0.2, 0.25) is 5.91 Å². The van der Waals surface area contributed by atoms with E-state index in [1.54, 1.807) is 19.1 Å². The second-order valence-electron chi connectivity index (χ2n) is 5.45. The number of carbonyl (C=O) groups excluding carboxylic acids is 1. The van der Waals surface area contributed by atoms with Crippen LogP contribution in [0.4, 0.5) is 5.69 Å². The summed E-state index contributed by atoms with van der Waals surface area (Å²) in [7, 11) is 0. The van der Waals surface area contributed by atoms with Crippen LogP contribution in [0.3, 0.4) is 0 Å². The molecule has 4 N–H and O–H groups in total. The van der Waals surface area contributed by atoms with Crippen LogP contribution in [-0.2, 0) is 4.79 Å². The summed E-state index contributed by atoms with van der Waals surface area (Å²) in [6.07, 6.45) is 1.81. The molecule has 1 heterocycles. The molecule has 6 nitrogen and oxygen atoms in total. The molecule has 6 heteroatoms. The van der Waals surface area contributed by atoms with E-state index in [-0.39, 0.29) is 17.5 Å². The van der Waals surface area contributed by atoms with Gasteiger partial charge < -0.3 is 16.2 Å². The van der Waals surface area contributed by atoms with E-state index < -0.39 is 5.97 Å². The van der Waals surface area contributed by atoms with Crippen LogP contribution in [0.5, 0.6) is 0 Å². The average Bonchev–Trinajstić information content (AvgIpc) is 2.43. The number of benzene rings is 1. The Morgan fingerprint density at radius 3 is 2.67 bits per heavy atom. The molecule has 0 atom stereocenters. The van der Waals surface area contributed by atoms with Gasteiger partial charge in [0, 0.05) is 24.8 Å². The van der Waals surface area contributed by atoms with Gasteiger partial charge in [-0.25, -0.2) is 4.79 Å². The minimum atomic E-state index is -0.992. The van der Waals surface area contributed by atoms with Crippen molar-refractivity contribution in [2.24, 2.45) is 5.73 Å². The van der Waals surface area contributed by atoms with E-state index in [9.17, 15) is 9.59 Å². The highest BCUT2D eigenvalue weighted by atomic mass is 16.4. The average molecular weight is 291 g/mol. The van der Waals surface area contributed by atoms with Crippen LogP contribution >= 0.6 is 0 Å². The summed E-state index contributed by atoms with van der Waals surface area (Å²) in [6.45, 7) is 3.65. The molecule has 114 valence electrons. The fraction of sp³-hybridized carbons (Fsp3) is 0.467. The molecule has 1 fully saturated rings. The van der Waals surface area contributed by atoms with Gasteiger partial charge in [-0.05, 0) is 37.5 Å². The van der Waals surface area contributed by atoms with Gasteiger partial charge in [0.05, 0.1) is 12.1 Å². The zero-order chi connectivity index (χ0) is 15.4. The van der Waals surface area contributed by atoms with Gasteiger partial charge in [-0.3, -0.25) is 9.69 Å². The smallest absolute Gasteiger partial charge is 0.336 e. The maximum absolute atomic E-state index is 12.1. The number of carboxylic acid groups (broad SMARTS) is 1. The molecule has 0 aliphatic carbocycles. The number of hydrogen-bond donors (Lipinski definition) is 3. The summed E-state index contributed by atoms with van der Waals surface area (Å²) in [4.78, 5) is 25.2. The molecule has 0 aromatic heterocycles. The van der Waals surface area contributed by atoms with E-state index in [1.807, 2.05) is 0 Å². The van der Waals surface area contributed by atoms with Gasteiger partial charge in [0.15, 0.2) is 0 Å². The molecule has 1 aliphatic heterocycles. The number of carboxylic acids is 1. The van der Waals surface area contributed by atoms with Crippen LogP contribution in [0, 0.1) is 6.92 Å². The Labute approximate surface area is 123 Å². The number of carbonyl (C=O) groups is 2. The Morgan fingerprint density at radius 2 is 2.05 bits per heavy atom. The Bertz CT molecular complexity index is 537. The highest BCUT2D eigenvalue weighted by Crippen LogP contribution is 2.19. The number of hydrogen-bond acceptors (Lipinski definition) is 4. The second-order valence-corrected chi connectivity index (χ2v) is 5.45. The first-order chi connectivity index (χ1) is 9.97. The van der Waals surface area contributed by atoms with Gasteiger partial charge in [-0.2, -0.15) is 0 Å². The largest absolute Gasteiger partial charge is 0.478 e. The molecule has 21 heavy (non-hydrogen) atoms. The van der Waals surface area contributed by atoms with E-state index in [4.69, 9.17) is 10.8 Å². The van der Waals surface area contributed by atoms with Crippen molar-refractivity contribution in [1.82, 2.24) is 4.90 Å². The predicted molar refractivity (Wildman–Crippen MR) is 80.4 cm³/mol. The number of piperidine rings is 1. The Kier molecular flexibility index (Phi) is 4.93. The minimum Gasteiger partial charge on any atom is -0.478 e. The summed E-state index contributed by atoms with van der Waals surface area (Å²) in [5.74, 6) is -1.12. The molecule has 1 aromatic rings. The second kappa shape index (κ2) is 6.69. The molecule has 0 bridgehead atoms. The summed E-state index contributed by atoms with van der Waals surface area (Å²) in [6, 6.07) is 5.11. The molecule has 0 spiro atoms. The molecule has 1 amide bonds. The number of nitrogens with one attached hydrogen (secondary N) is 1. The predicted octanol–water partition coefficient (Wildman–Crippen LogP) is 1.05. The number of nitrogens with two attached hydrogens (primary N) is 1.